The summed E-state index contributed by atoms with van der Waals surface area (Å²) >= 11 is 0. The molecule has 0 aliphatic carbocycles. The van der Waals surface area contributed by atoms with Gasteiger partial charge in [-0.25, -0.2) is 0 Å². The van der Waals surface area contributed by atoms with Gasteiger partial charge in [-0.1, -0.05) is 12.1 Å². The maximum atomic E-state index is 11.8. The first-order chi connectivity index (χ1) is 7.17. The number of nitrogens with two attached hydrogens (primary N) is 1. The number of amides is 1. The van der Waals surface area contributed by atoms with Crippen LogP contribution in [0, 0.1) is 0 Å². The molecule has 2 N–H and O–H groups in total. The number of likely N-dealkylation sites (N-methyl/N-ethyl adjacent to an activating group) is 1. The van der Waals surface area contributed by atoms with Crippen LogP contribution in [0.4, 0.5) is 5.69 Å². The average molecular weight is 206 g/mol. The normalized spacial score (nSPS) is 10.0. The number of anilines is 1. The molecule has 3 heteroatoms. The average Bonchev–Trinajstić information content (AvgIpc) is 2.23. The van der Waals surface area contributed by atoms with E-state index >= 15 is 0 Å². The first-order valence-corrected chi connectivity index (χ1v) is 5.29. The molecule has 0 bridgehead atoms. The van der Waals surface area contributed by atoms with Gasteiger partial charge in [0, 0.05) is 18.8 Å². The van der Waals surface area contributed by atoms with Gasteiger partial charge < -0.3 is 10.6 Å². The van der Waals surface area contributed by atoms with Crippen LogP contribution in [0.2, 0.25) is 0 Å². The summed E-state index contributed by atoms with van der Waals surface area (Å²) in [6.07, 6.45) is 0.460. The highest BCUT2D eigenvalue weighted by atomic mass is 16.2. The third-order valence-electron chi connectivity index (χ3n) is 2.45. The van der Waals surface area contributed by atoms with E-state index in [0.29, 0.717) is 6.42 Å². The van der Waals surface area contributed by atoms with Crippen molar-refractivity contribution in [1.82, 2.24) is 4.90 Å². The molecule has 15 heavy (non-hydrogen) atoms. The molecule has 1 aromatic carbocycles. The summed E-state index contributed by atoms with van der Waals surface area (Å²) in [6.45, 7) is 5.52. The molecule has 0 heterocycles. The summed E-state index contributed by atoms with van der Waals surface area (Å²) in [6, 6.07) is 7.45. The number of carbonyl (C=O) groups is 1. The van der Waals surface area contributed by atoms with Gasteiger partial charge in [-0.3, -0.25) is 4.79 Å². The molecule has 0 aliphatic rings. The van der Waals surface area contributed by atoms with E-state index in [0.717, 1.165) is 24.3 Å². The first-order valence-electron chi connectivity index (χ1n) is 5.29. The fourth-order valence-corrected chi connectivity index (χ4v) is 1.50. The first kappa shape index (κ1) is 11.6. The Bertz CT molecular complexity index is 315. The predicted molar refractivity (Wildman–Crippen MR) is 62.5 cm³/mol. The molecule has 0 atom stereocenters. The van der Waals surface area contributed by atoms with Crippen LogP contribution >= 0.6 is 0 Å². The Kier molecular flexibility index (Phi) is 4.16. The van der Waals surface area contributed by atoms with Gasteiger partial charge in [-0.2, -0.15) is 0 Å². The summed E-state index contributed by atoms with van der Waals surface area (Å²) in [4.78, 5) is 13.6. The molecule has 82 valence electrons. The number of hydrogen-bond donors (Lipinski definition) is 1. The fourth-order valence-electron chi connectivity index (χ4n) is 1.50. The van der Waals surface area contributed by atoms with Crippen molar-refractivity contribution in [2.24, 2.45) is 0 Å². The lowest BCUT2D eigenvalue weighted by Crippen LogP contribution is -2.31. The predicted octanol–water partition coefficient (Wildman–Crippen LogP) is 1.68. The second-order valence-electron chi connectivity index (χ2n) is 3.48. The number of hydrogen-bond acceptors (Lipinski definition) is 2. The van der Waals surface area contributed by atoms with Crippen LogP contribution in [0.1, 0.15) is 19.4 Å². The van der Waals surface area contributed by atoms with E-state index in [9.17, 15) is 4.79 Å². The second kappa shape index (κ2) is 5.39. The van der Waals surface area contributed by atoms with Gasteiger partial charge in [0.25, 0.3) is 0 Å². The molecule has 0 spiro atoms. The minimum Gasteiger partial charge on any atom is -0.399 e. The molecule has 0 fully saturated rings. The van der Waals surface area contributed by atoms with Crippen LogP contribution in [0.25, 0.3) is 0 Å². The molecule has 0 aliphatic heterocycles. The Balaban J connectivity index is 2.61. The van der Waals surface area contributed by atoms with E-state index in [-0.39, 0.29) is 5.91 Å². The highest BCUT2D eigenvalue weighted by Gasteiger charge is 2.09. The third-order valence-corrected chi connectivity index (χ3v) is 2.45. The number of nitrogens with zero attached hydrogens (tertiary/aromatic N) is 1. The molecule has 1 rings (SSSR count). The van der Waals surface area contributed by atoms with Gasteiger partial charge in [0.05, 0.1) is 6.42 Å². The molecule has 1 aromatic rings. The molecule has 3 nitrogen and oxygen atoms in total. The molecule has 0 saturated heterocycles. The zero-order valence-electron chi connectivity index (χ0n) is 9.36. The summed E-state index contributed by atoms with van der Waals surface area (Å²) < 4.78 is 0. The Labute approximate surface area is 90.9 Å². The molecule has 0 saturated carbocycles. The van der Waals surface area contributed by atoms with Gasteiger partial charge in [0.1, 0.15) is 0 Å². The molecule has 0 unspecified atom stereocenters. The Morgan fingerprint density at radius 2 is 1.73 bits per heavy atom. The molecular weight excluding hydrogens is 188 g/mol. The van der Waals surface area contributed by atoms with Crippen molar-refractivity contribution in [3.63, 3.8) is 0 Å². The maximum Gasteiger partial charge on any atom is 0.226 e. The van der Waals surface area contributed by atoms with Gasteiger partial charge in [-0.15, -0.1) is 0 Å². The van der Waals surface area contributed by atoms with Gasteiger partial charge >= 0.3 is 0 Å². The number of nitrogen functional groups attached to an aromatic ring is 1. The number of rotatable bonds is 4. The fraction of sp³-hybridized carbons (Fsp3) is 0.417. The van der Waals surface area contributed by atoms with E-state index in [2.05, 4.69) is 0 Å². The van der Waals surface area contributed by atoms with Crippen molar-refractivity contribution >= 4 is 11.6 Å². The Morgan fingerprint density at radius 1 is 1.20 bits per heavy atom. The molecule has 0 radical (unpaired) electrons. The smallest absolute Gasteiger partial charge is 0.226 e. The number of carbonyl (C=O) groups excluding carboxylic acids is 1. The topological polar surface area (TPSA) is 46.3 Å². The van der Waals surface area contributed by atoms with E-state index < -0.39 is 0 Å². The maximum absolute atomic E-state index is 11.8. The van der Waals surface area contributed by atoms with Crippen LogP contribution < -0.4 is 5.73 Å². The van der Waals surface area contributed by atoms with Crippen LogP contribution in [-0.4, -0.2) is 23.9 Å². The van der Waals surface area contributed by atoms with E-state index in [1.807, 2.05) is 43.0 Å². The summed E-state index contributed by atoms with van der Waals surface area (Å²) in [5.74, 6) is 0.171. The minimum absolute atomic E-state index is 0.171. The second-order valence-corrected chi connectivity index (χ2v) is 3.48. The van der Waals surface area contributed by atoms with Crippen molar-refractivity contribution in [2.75, 3.05) is 18.8 Å². The van der Waals surface area contributed by atoms with Crippen LogP contribution in [-0.2, 0) is 11.2 Å². The highest BCUT2D eigenvalue weighted by molar-refractivity contribution is 5.78. The summed E-state index contributed by atoms with van der Waals surface area (Å²) in [7, 11) is 0. The van der Waals surface area contributed by atoms with Crippen molar-refractivity contribution in [1.29, 1.82) is 0 Å². The van der Waals surface area contributed by atoms with Crippen LogP contribution in [0.3, 0.4) is 0 Å². The summed E-state index contributed by atoms with van der Waals surface area (Å²) in [5.41, 5.74) is 7.32. The van der Waals surface area contributed by atoms with E-state index in [1.54, 1.807) is 0 Å². The standard InChI is InChI=1S/C12H18N2O/c1-3-14(4-2)12(15)9-10-5-7-11(13)8-6-10/h5-8H,3-4,9,13H2,1-2H3. The molecule has 0 aromatic heterocycles. The quantitative estimate of drug-likeness (QED) is 0.762. The largest absolute Gasteiger partial charge is 0.399 e. The zero-order valence-corrected chi connectivity index (χ0v) is 9.36. The number of benzene rings is 1. The lowest BCUT2D eigenvalue weighted by molar-refractivity contribution is -0.130. The van der Waals surface area contributed by atoms with Crippen LogP contribution in [0.15, 0.2) is 24.3 Å². The van der Waals surface area contributed by atoms with Crippen molar-refractivity contribution in [3.8, 4) is 0 Å². The van der Waals surface area contributed by atoms with E-state index in [4.69, 9.17) is 5.73 Å². The van der Waals surface area contributed by atoms with Gasteiger partial charge in [0.2, 0.25) is 5.91 Å². The zero-order chi connectivity index (χ0) is 11.3. The van der Waals surface area contributed by atoms with Crippen molar-refractivity contribution in [2.45, 2.75) is 20.3 Å². The Morgan fingerprint density at radius 3 is 2.20 bits per heavy atom. The van der Waals surface area contributed by atoms with Crippen molar-refractivity contribution < 1.29 is 4.79 Å². The highest BCUT2D eigenvalue weighted by Crippen LogP contribution is 2.07. The minimum atomic E-state index is 0.171. The lowest BCUT2D eigenvalue weighted by Gasteiger charge is -2.18. The third kappa shape index (κ3) is 3.27. The summed E-state index contributed by atoms with van der Waals surface area (Å²) in [5, 5.41) is 0. The monoisotopic (exact) mass is 206 g/mol. The molecule has 1 amide bonds. The lowest BCUT2D eigenvalue weighted by atomic mass is 10.1. The van der Waals surface area contributed by atoms with Gasteiger partial charge in [-0.05, 0) is 31.5 Å². The van der Waals surface area contributed by atoms with Gasteiger partial charge in [0.15, 0.2) is 0 Å². The molecular formula is C12H18N2O. The van der Waals surface area contributed by atoms with Crippen LogP contribution in [0.5, 0.6) is 0 Å². The van der Waals surface area contributed by atoms with Crippen molar-refractivity contribution in [3.05, 3.63) is 29.8 Å². The van der Waals surface area contributed by atoms with E-state index in [1.165, 1.54) is 0 Å². The Hall–Kier alpha value is -1.51. The SMILES string of the molecule is CCN(CC)C(=O)Cc1ccc(N)cc1.